The van der Waals surface area contributed by atoms with E-state index in [2.05, 4.69) is 17.2 Å². The zero-order valence-corrected chi connectivity index (χ0v) is 11.9. The number of thiophene rings is 1. The summed E-state index contributed by atoms with van der Waals surface area (Å²) in [6.07, 6.45) is 5.75. The fourth-order valence-electron chi connectivity index (χ4n) is 2.36. The van der Waals surface area contributed by atoms with Crippen molar-refractivity contribution in [2.24, 2.45) is 11.7 Å². The summed E-state index contributed by atoms with van der Waals surface area (Å²) in [5.74, 6) is 6.28. The Morgan fingerprint density at radius 2 is 2.16 bits per heavy atom. The molecule has 4 heteroatoms. The van der Waals surface area contributed by atoms with Crippen molar-refractivity contribution in [1.29, 1.82) is 0 Å². The van der Waals surface area contributed by atoms with E-state index >= 15 is 0 Å². The van der Waals surface area contributed by atoms with Gasteiger partial charge in [0.1, 0.15) is 0 Å². The molecule has 0 aliphatic heterocycles. The molecule has 2 rings (SSSR count). The first-order chi connectivity index (χ1) is 9.29. The second-order valence-electron chi connectivity index (χ2n) is 4.82. The molecule has 1 amide bonds. The molecule has 1 fully saturated rings. The molecule has 0 unspecified atom stereocenters. The van der Waals surface area contributed by atoms with Crippen molar-refractivity contribution in [3.05, 3.63) is 21.9 Å². The van der Waals surface area contributed by atoms with Crippen LogP contribution in [0.1, 0.15) is 41.9 Å². The van der Waals surface area contributed by atoms with Gasteiger partial charge in [0.25, 0.3) is 0 Å². The summed E-state index contributed by atoms with van der Waals surface area (Å²) >= 11 is 1.62. The van der Waals surface area contributed by atoms with Crippen LogP contribution in [-0.2, 0) is 11.3 Å². The molecule has 1 heterocycles. The minimum atomic E-state index is 0.211. The van der Waals surface area contributed by atoms with Gasteiger partial charge in [-0.3, -0.25) is 4.79 Å². The minimum Gasteiger partial charge on any atom is -0.351 e. The van der Waals surface area contributed by atoms with E-state index in [-0.39, 0.29) is 11.8 Å². The van der Waals surface area contributed by atoms with Gasteiger partial charge in [-0.1, -0.05) is 31.1 Å². The zero-order chi connectivity index (χ0) is 13.5. The molecule has 19 heavy (non-hydrogen) atoms. The van der Waals surface area contributed by atoms with Crippen LogP contribution >= 0.6 is 11.3 Å². The fourth-order valence-corrected chi connectivity index (χ4v) is 3.18. The molecule has 1 aromatic rings. The van der Waals surface area contributed by atoms with Crippen LogP contribution in [0.5, 0.6) is 0 Å². The van der Waals surface area contributed by atoms with Gasteiger partial charge < -0.3 is 11.1 Å². The predicted octanol–water partition coefficient (Wildman–Crippen LogP) is 2.25. The van der Waals surface area contributed by atoms with Crippen molar-refractivity contribution in [2.75, 3.05) is 6.54 Å². The lowest BCUT2D eigenvalue weighted by Crippen LogP contribution is -2.31. The molecule has 0 radical (unpaired) electrons. The predicted molar refractivity (Wildman–Crippen MR) is 78.7 cm³/mol. The lowest BCUT2D eigenvalue weighted by Gasteiger charge is -2.20. The number of nitrogens with one attached hydrogen (secondary N) is 1. The maximum absolute atomic E-state index is 12.0. The van der Waals surface area contributed by atoms with E-state index in [1.807, 2.05) is 12.1 Å². The molecule has 1 aliphatic rings. The highest BCUT2D eigenvalue weighted by atomic mass is 32.1. The Labute approximate surface area is 118 Å². The number of nitrogens with two attached hydrogens (primary N) is 1. The van der Waals surface area contributed by atoms with E-state index < -0.39 is 0 Å². The molecule has 1 aromatic heterocycles. The summed E-state index contributed by atoms with van der Waals surface area (Å²) < 4.78 is 0. The molecule has 0 saturated heterocycles. The van der Waals surface area contributed by atoms with Crippen LogP contribution in [0.3, 0.4) is 0 Å². The Kier molecular flexibility index (Phi) is 5.44. The Bertz CT molecular complexity index is 478. The maximum Gasteiger partial charge on any atom is 0.223 e. The summed E-state index contributed by atoms with van der Waals surface area (Å²) in [7, 11) is 0. The third kappa shape index (κ3) is 4.38. The first kappa shape index (κ1) is 14.1. The molecule has 0 spiro atoms. The summed E-state index contributed by atoms with van der Waals surface area (Å²) in [5.41, 5.74) is 5.34. The molecular weight excluding hydrogens is 256 g/mol. The van der Waals surface area contributed by atoms with Crippen molar-refractivity contribution in [3.63, 3.8) is 0 Å². The van der Waals surface area contributed by atoms with Crippen LogP contribution in [0.15, 0.2) is 12.1 Å². The fraction of sp³-hybridized carbons (Fsp3) is 0.533. The smallest absolute Gasteiger partial charge is 0.223 e. The van der Waals surface area contributed by atoms with E-state index in [9.17, 15) is 4.79 Å². The van der Waals surface area contributed by atoms with Crippen molar-refractivity contribution < 1.29 is 4.79 Å². The Morgan fingerprint density at radius 3 is 2.89 bits per heavy atom. The molecule has 3 nitrogen and oxygen atoms in total. The Morgan fingerprint density at radius 1 is 1.37 bits per heavy atom. The van der Waals surface area contributed by atoms with E-state index in [0.29, 0.717) is 13.1 Å². The summed E-state index contributed by atoms with van der Waals surface area (Å²) in [6.45, 7) is 0.996. The van der Waals surface area contributed by atoms with Crippen molar-refractivity contribution in [1.82, 2.24) is 5.32 Å². The average Bonchev–Trinajstić information content (AvgIpc) is 2.91. The van der Waals surface area contributed by atoms with Crippen LogP contribution in [-0.4, -0.2) is 12.5 Å². The summed E-state index contributed by atoms with van der Waals surface area (Å²) in [6, 6.07) is 4.00. The number of amides is 1. The monoisotopic (exact) mass is 276 g/mol. The van der Waals surface area contributed by atoms with Gasteiger partial charge in [-0.05, 0) is 25.0 Å². The number of rotatable bonds is 3. The third-order valence-electron chi connectivity index (χ3n) is 3.39. The van der Waals surface area contributed by atoms with E-state index in [4.69, 9.17) is 5.73 Å². The quantitative estimate of drug-likeness (QED) is 0.832. The first-order valence-electron chi connectivity index (χ1n) is 6.85. The minimum absolute atomic E-state index is 0.211. The summed E-state index contributed by atoms with van der Waals surface area (Å²) in [5, 5.41) is 3.04. The van der Waals surface area contributed by atoms with Crippen LogP contribution in [0, 0.1) is 17.8 Å². The topological polar surface area (TPSA) is 55.1 Å². The van der Waals surface area contributed by atoms with Gasteiger partial charge >= 0.3 is 0 Å². The second kappa shape index (κ2) is 7.32. The van der Waals surface area contributed by atoms with Crippen molar-refractivity contribution in [3.8, 4) is 11.8 Å². The van der Waals surface area contributed by atoms with E-state index in [0.717, 1.165) is 22.6 Å². The van der Waals surface area contributed by atoms with E-state index in [1.165, 1.54) is 19.3 Å². The van der Waals surface area contributed by atoms with Gasteiger partial charge in [0.15, 0.2) is 0 Å². The van der Waals surface area contributed by atoms with Gasteiger partial charge in [0.05, 0.1) is 18.0 Å². The number of hydrogen-bond acceptors (Lipinski definition) is 3. The largest absolute Gasteiger partial charge is 0.351 e. The highest BCUT2D eigenvalue weighted by Gasteiger charge is 2.20. The maximum atomic E-state index is 12.0. The standard InChI is InChI=1S/C15H20N2OS/c16-10-4-7-13-8-9-14(19-13)11-17-15(18)12-5-2-1-3-6-12/h8-9,12H,1-3,5-6,10-11,16H2,(H,17,18). The number of hydrogen-bond donors (Lipinski definition) is 2. The number of carbonyl (C=O) groups excluding carboxylic acids is 1. The lowest BCUT2D eigenvalue weighted by molar-refractivity contribution is -0.126. The third-order valence-corrected chi connectivity index (χ3v) is 4.39. The van der Waals surface area contributed by atoms with Crippen molar-refractivity contribution >= 4 is 17.2 Å². The van der Waals surface area contributed by atoms with Crippen molar-refractivity contribution in [2.45, 2.75) is 38.6 Å². The molecule has 102 valence electrons. The normalized spacial score (nSPS) is 15.6. The van der Waals surface area contributed by atoms with Gasteiger partial charge in [-0.15, -0.1) is 11.3 Å². The molecule has 1 saturated carbocycles. The van der Waals surface area contributed by atoms with E-state index in [1.54, 1.807) is 11.3 Å². The van der Waals surface area contributed by atoms with Gasteiger partial charge in [0, 0.05) is 10.8 Å². The zero-order valence-electron chi connectivity index (χ0n) is 11.1. The molecule has 0 atom stereocenters. The highest BCUT2D eigenvalue weighted by Crippen LogP contribution is 2.24. The first-order valence-corrected chi connectivity index (χ1v) is 7.66. The highest BCUT2D eigenvalue weighted by molar-refractivity contribution is 7.12. The van der Waals surface area contributed by atoms with Gasteiger partial charge in [-0.2, -0.15) is 0 Å². The van der Waals surface area contributed by atoms with Crippen LogP contribution in [0.4, 0.5) is 0 Å². The van der Waals surface area contributed by atoms with Crippen LogP contribution in [0.25, 0.3) is 0 Å². The van der Waals surface area contributed by atoms with Crippen LogP contribution < -0.4 is 11.1 Å². The SMILES string of the molecule is NCC#Cc1ccc(CNC(=O)C2CCCCC2)s1. The number of carbonyl (C=O) groups is 1. The molecule has 3 N–H and O–H groups in total. The Hall–Kier alpha value is -1.31. The van der Waals surface area contributed by atoms with Gasteiger partial charge in [0.2, 0.25) is 5.91 Å². The van der Waals surface area contributed by atoms with Gasteiger partial charge in [-0.25, -0.2) is 0 Å². The molecular formula is C15H20N2OS. The molecule has 0 aromatic carbocycles. The second-order valence-corrected chi connectivity index (χ2v) is 5.99. The lowest BCUT2D eigenvalue weighted by atomic mass is 9.89. The van der Waals surface area contributed by atoms with Crippen LogP contribution in [0.2, 0.25) is 0 Å². The average molecular weight is 276 g/mol. The molecule has 1 aliphatic carbocycles. The molecule has 0 bridgehead atoms. The Balaban J connectivity index is 1.81. The summed E-state index contributed by atoms with van der Waals surface area (Å²) in [4.78, 5) is 14.2.